The van der Waals surface area contributed by atoms with Gasteiger partial charge in [-0.2, -0.15) is 0 Å². The Kier molecular flexibility index (Phi) is 11.3. The van der Waals surface area contributed by atoms with Crippen molar-refractivity contribution in [2.45, 2.75) is 84.2 Å². The largest absolute Gasteiger partial charge is 0.488 e. The van der Waals surface area contributed by atoms with Crippen molar-refractivity contribution in [3.05, 3.63) is 76.4 Å². The van der Waals surface area contributed by atoms with E-state index in [1.807, 2.05) is 58.0 Å². The molecule has 4 amide bonds. The number of carbonyl (C=O) groups is 4. The molecule has 4 unspecified atom stereocenters. The third-order valence-corrected chi connectivity index (χ3v) is 11.9. The van der Waals surface area contributed by atoms with Crippen molar-refractivity contribution in [3.63, 3.8) is 0 Å². The van der Waals surface area contributed by atoms with Gasteiger partial charge in [0.05, 0.1) is 55.6 Å². The summed E-state index contributed by atoms with van der Waals surface area (Å²) in [6.45, 7) is 8.73. The Morgan fingerprint density at radius 3 is 1.82 bits per heavy atom. The molecule has 0 spiro atoms. The van der Waals surface area contributed by atoms with Crippen LogP contribution in [-0.2, 0) is 25.7 Å². The zero-order chi connectivity index (χ0) is 43.1. The lowest BCUT2D eigenvalue weighted by atomic mass is 9.94. The molecule has 0 bridgehead atoms. The van der Waals surface area contributed by atoms with Crippen LogP contribution in [0.4, 0.5) is 9.59 Å². The van der Waals surface area contributed by atoms with E-state index in [0.29, 0.717) is 59.3 Å². The standard InChI is InChI=1S/C44H50N8O9/c1-22(2)36(49-43(56)58-5)40(53)51-15-7-9-31(51)38-45-19-29(47-38)24-12-14-27-33(17-24)60-21-28-26-13-11-25(18-34(26)61-42(55)35(27)28)30-20-46-39(48-30)32-10-8-16-52(32)41(54)37(23(3)4)50-44(57)59-6/h11-14,17-20,22-23,31-32,36-37H,7-10,15-16,21H2,1-6H3,(H,45,47)(H,46,48)(H,49,56)(H,50,57). The molecule has 8 rings (SSSR count). The molecular weight excluding hydrogens is 785 g/mol. The number of H-pyrrole nitrogens is 2. The maximum Gasteiger partial charge on any atom is 0.407 e. The molecular formula is C44H50N8O9. The number of hydrogen-bond donors (Lipinski definition) is 4. The molecule has 2 fully saturated rings. The second-order valence-corrected chi connectivity index (χ2v) is 16.4. The number of carbonyl (C=O) groups excluding carboxylic acids is 4. The minimum Gasteiger partial charge on any atom is -0.488 e. The first-order valence-electron chi connectivity index (χ1n) is 20.6. The third-order valence-electron chi connectivity index (χ3n) is 11.9. The smallest absolute Gasteiger partial charge is 0.407 e. The SMILES string of the molecule is COC(=O)NC(C(=O)N1CCCC1c1ncc(-c2ccc3c(c2)OCc2c-3c(=O)oc3cc(-c4cnc(C5CCCN5C(=O)C(NC(=O)OC)C(C)C)[nH]4)ccc23)[nH]1)C(C)C. The fourth-order valence-corrected chi connectivity index (χ4v) is 8.71. The maximum atomic E-state index is 13.7. The number of likely N-dealkylation sites (tertiary alicyclic amines) is 2. The summed E-state index contributed by atoms with van der Waals surface area (Å²) in [6, 6.07) is 9.17. The molecule has 0 radical (unpaired) electrons. The predicted molar refractivity (Wildman–Crippen MR) is 223 cm³/mol. The van der Waals surface area contributed by atoms with Gasteiger partial charge in [-0.1, -0.05) is 45.9 Å². The molecule has 17 nitrogen and oxygen atoms in total. The third kappa shape index (κ3) is 7.79. The first kappa shape index (κ1) is 41.1. The minimum absolute atomic E-state index is 0.146. The summed E-state index contributed by atoms with van der Waals surface area (Å²) in [5, 5.41) is 6.10. The highest BCUT2D eigenvalue weighted by Crippen LogP contribution is 2.42. The number of ether oxygens (including phenoxy) is 3. The van der Waals surface area contributed by atoms with Crippen LogP contribution in [0.25, 0.3) is 44.6 Å². The Balaban J connectivity index is 1.01. The number of aromatic nitrogens is 4. The summed E-state index contributed by atoms with van der Waals surface area (Å²) >= 11 is 0. The van der Waals surface area contributed by atoms with Crippen molar-refractivity contribution in [1.29, 1.82) is 0 Å². The van der Waals surface area contributed by atoms with Gasteiger partial charge in [-0.25, -0.2) is 24.4 Å². The molecule has 320 valence electrons. The average Bonchev–Trinajstić information content (AvgIpc) is 4.10. The summed E-state index contributed by atoms with van der Waals surface area (Å²) in [5.41, 5.74) is 4.66. The van der Waals surface area contributed by atoms with Crippen LogP contribution in [0.2, 0.25) is 0 Å². The quantitative estimate of drug-likeness (QED) is 0.116. The molecule has 2 aromatic carbocycles. The van der Waals surface area contributed by atoms with Gasteiger partial charge in [0.25, 0.3) is 0 Å². The molecule has 2 saturated heterocycles. The molecule has 4 atom stereocenters. The second-order valence-electron chi connectivity index (χ2n) is 16.4. The zero-order valence-electron chi connectivity index (χ0n) is 35.0. The number of hydrogen-bond acceptors (Lipinski definition) is 11. The van der Waals surface area contributed by atoms with Crippen LogP contribution in [0.1, 0.15) is 82.7 Å². The van der Waals surface area contributed by atoms with Crippen molar-refractivity contribution in [1.82, 2.24) is 40.4 Å². The zero-order valence-corrected chi connectivity index (χ0v) is 35.0. The number of benzene rings is 2. The lowest BCUT2D eigenvalue weighted by Crippen LogP contribution is -2.51. The van der Waals surface area contributed by atoms with Crippen LogP contribution in [0.3, 0.4) is 0 Å². The molecule has 6 heterocycles. The molecule has 3 aliphatic rings. The summed E-state index contributed by atoms with van der Waals surface area (Å²) in [6.07, 6.45) is 5.14. The van der Waals surface area contributed by atoms with Gasteiger partial charge in [0, 0.05) is 40.7 Å². The van der Waals surface area contributed by atoms with Crippen molar-refractivity contribution in [2.75, 3.05) is 27.3 Å². The Morgan fingerprint density at radius 2 is 1.30 bits per heavy atom. The van der Waals surface area contributed by atoms with E-state index < -0.39 is 29.9 Å². The number of fused-ring (bicyclic) bond motifs is 5. The van der Waals surface area contributed by atoms with E-state index in [2.05, 4.69) is 30.6 Å². The van der Waals surface area contributed by atoms with Gasteiger partial charge in [-0.3, -0.25) is 9.59 Å². The van der Waals surface area contributed by atoms with Gasteiger partial charge >= 0.3 is 17.8 Å². The van der Waals surface area contributed by atoms with E-state index in [1.54, 1.807) is 28.3 Å². The van der Waals surface area contributed by atoms with Gasteiger partial charge in [0.15, 0.2) is 0 Å². The van der Waals surface area contributed by atoms with Crippen molar-refractivity contribution in [3.8, 4) is 39.4 Å². The monoisotopic (exact) mass is 834 g/mol. The van der Waals surface area contributed by atoms with Gasteiger partial charge in [-0.05, 0) is 55.7 Å². The van der Waals surface area contributed by atoms with Crippen LogP contribution in [0, 0.1) is 11.8 Å². The normalized spacial score (nSPS) is 18.1. The van der Waals surface area contributed by atoms with Crippen molar-refractivity contribution >= 4 is 35.0 Å². The fraction of sp³-hybridized carbons (Fsp3) is 0.432. The molecule has 61 heavy (non-hydrogen) atoms. The second kappa shape index (κ2) is 16.8. The van der Waals surface area contributed by atoms with Crippen LogP contribution < -0.4 is 21.0 Å². The van der Waals surface area contributed by atoms with Crippen LogP contribution in [0.15, 0.2) is 58.0 Å². The molecule has 3 aromatic heterocycles. The Morgan fingerprint density at radius 1 is 0.770 bits per heavy atom. The fourth-order valence-electron chi connectivity index (χ4n) is 8.71. The van der Waals surface area contributed by atoms with E-state index >= 15 is 0 Å². The Labute approximate surface area is 351 Å². The number of amides is 4. The summed E-state index contributed by atoms with van der Waals surface area (Å²) in [7, 11) is 2.54. The maximum absolute atomic E-state index is 13.7. The molecule has 17 heteroatoms. The van der Waals surface area contributed by atoms with Crippen LogP contribution in [-0.4, -0.2) is 93.1 Å². The predicted octanol–water partition coefficient (Wildman–Crippen LogP) is 6.22. The van der Waals surface area contributed by atoms with E-state index in [0.717, 1.165) is 47.0 Å². The highest BCUT2D eigenvalue weighted by Gasteiger charge is 2.39. The van der Waals surface area contributed by atoms with E-state index in [-0.39, 0.29) is 42.3 Å². The van der Waals surface area contributed by atoms with Crippen LogP contribution >= 0.6 is 0 Å². The molecule has 5 aromatic rings. The number of methoxy groups -OCH3 is 2. The number of nitrogens with zero attached hydrogens (tertiary/aromatic N) is 4. The van der Waals surface area contributed by atoms with E-state index in [4.69, 9.17) is 18.6 Å². The summed E-state index contributed by atoms with van der Waals surface area (Å²) in [5.74, 6) is 1.13. The Bertz CT molecular complexity index is 2560. The van der Waals surface area contributed by atoms with E-state index in [1.165, 1.54) is 14.2 Å². The number of alkyl carbamates (subject to hydrolysis) is 2. The number of aromatic amines is 2. The molecule has 4 N–H and O–H groups in total. The van der Waals surface area contributed by atoms with Crippen molar-refractivity contribution in [2.24, 2.45) is 11.8 Å². The molecule has 3 aliphatic heterocycles. The van der Waals surface area contributed by atoms with Gasteiger partial charge < -0.3 is 49.0 Å². The summed E-state index contributed by atoms with van der Waals surface area (Å²) in [4.78, 5) is 84.6. The minimum atomic E-state index is -0.740. The van der Waals surface area contributed by atoms with Crippen molar-refractivity contribution < 1.29 is 37.8 Å². The average molecular weight is 835 g/mol. The highest BCUT2D eigenvalue weighted by molar-refractivity contribution is 5.92. The highest BCUT2D eigenvalue weighted by atomic mass is 16.5. The molecule has 0 saturated carbocycles. The number of imidazole rings is 2. The molecule has 0 aliphatic carbocycles. The number of nitrogens with one attached hydrogen (secondary N) is 4. The summed E-state index contributed by atoms with van der Waals surface area (Å²) < 4.78 is 21.8. The van der Waals surface area contributed by atoms with Gasteiger partial charge in [0.1, 0.15) is 41.7 Å². The van der Waals surface area contributed by atoms with E-state index in [9.17, 15) is 24.0 Å². The first-order chi connectivity index (χ1) is 29.4. The first-order valence-corrected chi connectivity index (χ1v) is 20.6. The lowest BCUT2D eigenvalue weighted by Gasteiger charge is -2.30. The van der Waals surface area contributed by atoms with Gasteiger partial charge in [0.2, 0.25) is 11.8 Å². The van der Waals surface area contributed by atoms with Gasteiger partial charge in [-0.15, -0.1) is 0 Å². The Hall–Kier alpha value is -6.65. The number of rotatable bonds is 10. The lowest BCUT2D eigenvalue weighted by molar-refractivity contribution is -0.136. The van der Waals surface area contributed by atoms with Crippen LogP contribution in [0.5, 0.6) is 5.75 Å². The topological polar surface area (TPSA) is 214 Å².